The standard InChI is InChI=1S/C15H12FNO4/c16-10-4-1-3-9-7-13(21-14(9)10)15(19)17-8-11(18)12-5-2-6-20-12/h1-7,11,18H,8H2,(H,17,19)/t11-/m1/s1. The number of amides is 1. The van der Waals surface area contributed by atoms with Crippen LogP contribution >= 0.6 is 0 Å². The van der Waals surface area contributed by atoms with Crippen molar-refractivity contribution in [2.75, 3.05) is 6.54 Å². The summed E-state index contributed by atoms with van der Waals surface area (Å²) in [4.78, 5) is 11.9. The predicted octanol–water partition coefficient (Wildman–Crippen LogP) is 2.63. The molecule has 0 aliphatic heterocycles. The highest BCUT2D eigenvalue weighted by molar-refractivity contribution is 5.96. The van der Waals surface area contributed by atoms with Gasteiger partial charge in [-0.1, -0.05) is 12.1 Å². The largest absolute Gasteiger partial charge is 0.467 e. The molecule has 6 heteroatoms. The van der Waals surface area contributed by atoms with Crippen molar-refractivity contribution in [3.8, 4) is 0 Å². The quantitative estimate of drug-likeness (QED) is 0.774. The molecule has 0 saturated heterocycles. The smallest absolute Gasteiger partial charge is 0.287 e. The number of fused-ring (bicyclic) bond motifs is 1. The number of carbonyl (C=O) groups is 1. The lowest BCUT2D eigenvalue weighted by atomic mass is 10.2. The molecule has 2 aromatic heterocycles. The van der Waals surface area contributed by atoms with Gasteiger partial charge in [0.2, 0.25) is 0 Å². The number of hydrogen-bond donors (Lipinski definition) is 2. The third-order valence-corrected chi connectivity index (χ3v) is 3.05. The van der Waals surface area contributed by atoms with E-state index in [1.165, 1.54) is 24.5 Å². The Kier molecular flexibility index (Phi) is 3.45. The van der Waals surface area contributed by atoms with Gasteiger partial charge in [-0.2, -0.15) is 0 Å². The summed E-state index contributed by atoms with van der Waals surface area (Å²) >= 11 is 0. The number of rotatable bonds is 4. The molecular formula is C15H12FNO4. The van der Waals surface area contributed by atoms with E-state index in [1.54, 1.807) is 18.2 Å². The molecule has 0 bridgehead atoms. The summed E-state index contributed by atoms with van der Waals surface area (Å²) in [5, 5.41) is 12.8. The molecule has 1 amide bonds. The van der Waals surface area contributed by atoms with Gasteiger partial charge in [-0.25, -0.2) is 4.39 Å². The molecule has 1 aromatic carbocycles. The first kappa shape index (κ1) is 13.4. The van der Waals surface area contributed by atoms with Crippen molar-refractivity contribution in [3.63, 3.8) is 0 Å². The second-order valence-electron chi connectivity index (χ2n) is 4.51. The summed E-state index contributed by atoms with van der Waals surface area (Å²) in [6.07, 6.45) is 0.479. The molecule has 2 heterocycles. The maximum atomic E-state index is 13.5. The van der Waals surface area contributed by atoms with Gasteiger partial charge < -0.3 is 19.3 Å². The van der Waals surface area contributed by atoms with E-state index in [0.29, 0.717) is 11.1 Å². The number of aliphatic hydroxyl groups is 1. The van der Waals surface area contributed by atoms with Gasteiger partial charge in [-0.05, 0) is 24.3 Å². The summed E-state index contributed by atoms with van der Waals surface area (Å²) in [7, 11) is 0. The molecule has 0 aliphatic carbocycles. The van der Waals surface area contributed by atoms with Crippen LogP contribution in [-0.4, -0.2) is 17.6 Å². The fourth-order valence-electron chi connectivity index (χ4n) is 2.00. The predicted molar refractivity (Wildman–Crippen MR) is 72.2 cm³/mol. The van der Waals surface area contributed by atoms with Crippen molar-refractivity contribution in [1.29, 1.82) is 0 Å². The maximum absolute atomic E-state index is 13.5. The molecule has 1 atom stereocenters. The maximum Gasteiger partial charge on any atom is 0.287 e. The van der Waals surface area contributed by atoms with Crippen molar-refractivity contribution in [3.05, 3.63) is 60.0 Å². The number of aliphatic hydroxyl groups excluding tert-OH is 1. The lowest BCUT2D eigenvalue weighted by Crippen LogP contribution is -2.27. The van der Waals surface area contributed by atoms with Crippen LogP contribution in [0.3, 0.4) is 0 Å². The lowest BCUT2D eigenvalue weighted by molar-refractivity contribution is 0.0876. The van der Waals surface area contributed by atoms with Gasteiger partial charge in [-0.15, -0.1) is 0 Å². The van der Waals surface area contributed by atoms with Gasteiger partial charge in [0.25, 0.3) is 5.91 Å². The van der Waals surface area contributed by atoms with Crippen LogP contribution in [0.2, 0.25) is 0 Å². The van der Waals surface area contributed by atoms with Crippen LogP contribution in [-0.2, 0) is 0 Å². The van der Waals surface area contributed by atoms with Crippen molar-refractivity contribution in [1.82, 2.24) is 5.32 Å². The van der Waals surface area contributed by atoms with Crippen LogP contribution in [0.5, 0.6) is 0 Å². The second kappa shape index (κ2) is 5.41. The Hall–Kier alpha value is -2.60. The molecule has 3 rings (SSSR count). The zero-order chi connectivity index (χ0) is 14.8. The molecular weight excluding hydrogens is 277 g/mol. The van der Waals surface area contributed by atoms with E-state index >= 15 is 0 Å². The Morgan fingerprint density at radius 2 is 2.19 bits per heavy atom. The van der Waals surface area contributed by atoms with Gasteiger partial charge in [0.15, 0.2) is 17.2 Å². The molecule has 5 nitrogen and oxygen atoms in total. The van der Waals surface area contributed by atoms with E-state index < -0.39 is 17.8 Å². The van der Waals surface area contributed by atoms with E-state index in [1.807, 2.05) is 0 Å². The van der Waals surface area contributed by atoms with Gasteiger partial charge in [-0.3, -0.25) is 4.79 Å². The number of hydrogen-bond acceptors (Lipinski definition) is 4. The minimum atomic E-state index is -0.954. The molecule has 21 heavy (non-hydrogen) atoms. The monoisotopic (exact) mass is 289 g/mol. The van der Waals surface area contributed by atoms with Gasteiger partial charge >= 0.3 is 0 Å². The normalized spacial score (nSPS) is 12.5. The number of benzene rings is 1. The number of furan rings is 2. The van der Waals surface area contributed by atoms with Gasteiger partial charge in [0, 0.05) is 5.39 Å². The molecule has 108 valence electrons. The summed E-state index contributed by atoms with van der Waals surface area (Å²) < 4.78 is 23.7. The highest BCUT2D eigenvalue weighted by Gasteiger charge is 2.17. The molecule has 0 fully saturated rings. The summed E-state index contributed by atoms with van der Waals surface area (Å²) in [6, 6.07) is 9.14. The topological polar surface area (TPSA) is 75.6 Å². The Bertz CT molecular complexity index is 763. The first-order valence-corrected chi connectivity index (χ1v) is 6.33. The van der Waals surface area contributed by atoms with Crippen molar-refractivity contribution in [2.24, 2.45) is 0 Å². The number of para-hydroxylation sites is 1. The molecule has 0 spiro atoms. The Labute approximate surface area is 119 Å². The summed E-state index contributed by atoms with van der Waals surface area (Å²) in [5.74, 6) is -0.717. The average molecular weight is 289 g/mol. The van der Waals surface area contributed by atoms with Crippen LogP contribution in [0.25, 0.3) is 11.0 Å². The molecule has 0 radical (unpaired) electrons. The minimum absolute atomic E-state index is 0.0123. The summed E-state index contributed by atoms with van der Waals surface area (Å²) in [5.41, 5.74) is 0.0363. The lowest BCUT2D eigenvalue weighted by Gasteiger charge is -2.08. The third-order valence-electron chi connectivity index (χ3n) is 3.05. The molecule has 0 unspecified atom stereocenters. The van der Waals surface area contributed by atoms with E-state index in [2.05, 4.69) is 5.32 Å². The van der Waals surface area contributed by atoms with Crippen molar-refractivity contribution in [2.45, 2.75) is 6.10 Å². The number of carbonyl (C=O) groups excluding carboxylic acids is 1. The highest BCUT2D eigenvalue weighted by atomic mass is 19.1. The van der Waals surface area contributed by atoms with Gasteiger partial charge in [0.05, 0.1) is 12.8 Å². The summed E-state index contributed by atoms with van der Waals surface area (Å²) in [6.45, 7) is -0.0358. The zero-order valence-corrected chi connectivity index (χ0v) is 10.9. The van der Waals surface area contributed by atoms with E-state index in [0.717, 1.165) is 0 Å². The van der Waals surface area contributed by atoms with Gasteiger partial charge in [0.1, 0.15) is 11.9 Å². The number of nitrogens with one attached hydrogen (secondary N) is 1. The van der Waals surface area contributed by atoms with Crippen molar-refractivity contribution < 1.29 is 23.1 Å². The van der Waals surface area contributed by atoms with E-state index in [-0.39, 0.29) is 17.9 Å². The average Bonchev–Trinajstić information content (AvgIpc) is 3.13. The zero-order valence-electron chi connectivity index (χ0n) is 10.9. The van der Waals surface area contributed by atoms with Crippen LogP contribution in [0, 0.1) is 5.82 Å². The number of halogens is 1. The minimum Gasteiger partial charge on any atom is -0.467 e. The Morgan fingerprint density at radius 3 is 2.90 bits per heavy atom. The molecule has 3 aromatic rings. The Balaban J connectivity index is 1.71. The van der Waals surface area contributed by atoms with Crippen molar-refractivity contribution >= 4 is 16.9 Å². The second-order valence-corrected chi connectivity index (χ2v) is 4.51. The molecule has 2 N–H and O–H groups in total. The highest BCUT2D eigenvalue weighted by Crippen LogP contribution is 2.22. The first-order chi connectivity index (χ1) is 10.1. The van der Waals surface area contributed by atoms with E-state index in [9.17, 15) is 14.3 Å². The molecule has 0 saturated carbocycles. The fraction of sp³-hybridized carbons (Fsp3) is 0.133. The first-order valence-electron chi connectivity index (χ1n) is 6.33. The fourth-order valence-corrected chi connectivity index (χ4v) is 2.00. The van der Waals surface area contributed by atoms with Crippen LogP contribution in [0.15, 0.2) is 51.5 Å². The van der Waals surface area contributed by atoms with E-state index in [4.69, 9.17) is 8.83 Å². The SMILES string of the molecule is O=C(NC[C@@H](O)c1ccco1)c1cc2cccc(F)c2o1. The van der Waals surface area contributed by atoms with Crippen LogP contribution < -0.4 is 5.32 Å². The molecule has 0 aliphatic rings. The van der Waals surface area contributed by atoms with Crippen LogP contribution in [0.4, 0.5) is 4.39 Å². The van der Waals surface area contributed by atoms with Crippen LogP contribution in [0.1, 0.15) is 22.4 Å². The third kappa shape index (κ3) is 2.66. The Morgan fingerprint density at radius 1 is 1.33 bits per heavy atom.